The van der Waals surface area contributed by atoms with Gasteiger partial charge in [0.15, 0.2) is 0 Å². The zero-order valence-electron chi connectivity index (χ0n) is 11.3. The van der Waals surface area contributed by atoms with Crippen LogP contribution in [0, 0.1) is 19.8 Å². The van der Waals surface area contributed by atoms with Crippen molar-refractivity contribution in [3.63, 3.8) is 0 Å². The van der Waals surface area contributed by atoms with Gasteiger partial charge in [-0.3, -0.25) is 4.79 Å². The lowest BCUT2D eigenvalue weighted by atomic mass is 9.98. The Hall–Kier alpha value is -1.35. The molecule has 98 valence electrons. The summed E-state index contributed by atoms with van der Waals surface area (Å²) in [5, 5.41) is 6.33. The van der Waals surface area contributed by atoms with Gasteiger partial charge in [-0.2, -0.15) is 0 Å². The van der Waals surface area contributed by atoms with E-state index < -0.39 is 0 Å². The third kappa shape index (κ3) is 3.33. The summed E-state index contributed by atoms with van der Waals surface area (Å²) in [5.74, 6) is 0.326. The fraction of sp³-hybridized carbons (Fsp3) is 0.533. The van der Waals surface area contributed by atoms with Crippen LogP contribution in [0.15, 0.2) is 18.2 Å². The quantitative estimate of drug-likeness (QED) is 0.855. The van der Waals surface area contributed by atoms with E-state index in [1.165, 1.54) is 16.7 Å². The van der Waals surface area contributed by atoms with Crippen molar-refractivity contribution in [1.29, 1.82) is 0 Å². The maximum Gasteiger partial charge on any atom is 0.224 e. The molecule has 1 aromatic rings. The summed E-state index contributed by atoms with van der Waals surface area (Å²) in [6, 6.07) is 6.36. The molecule has 18 heavy (non-hydrogen) atoms. The van der Waals surface area contributed by atoms with Crippen LogP contribution in [0.1, 0.15) is 29.5 Å². The molecule has 0 saturated carbocycles. The van der Waals surface area contributed by atoms with Gasteiger partial charge >= 0.3 is 0 Å². The largest absolute Gasteiger partial charge is 0.352 e. The molecule has 0 aromatic heterocycles. The first-order chi connectivity index (χ1) is 8.66. The van der Waals surface area contributed by atoms with Gasteiger partial charge in [-0.1, -0.05) is 23.8 Å². The second-order valence-electron chi connectivity index (χ2n) is 5.19. The number of carbonyl (C=O) groups excluding carboxylic acids is 1. The van der Waals surface area contributed by atoms with E-state index in [0.717, 1.165) is 25.9 Å². The lowest BCUT2D eigenvalue weighted by Gasteiger charge is -2.22. The van der Waals surface area contributed by atoms with Crippen molar-refractivity contribution in [3.05, 3.63) is 34.9 Å². The molecule has 1 aliphatic heterocycles. The molecule has 1 atom stereocenters. The number of rotatable bonds is 3. The van der Waals surface area contributed by atoms with Crippen LogP contribution in [0.2, 0.25) is 0 Å². The summed E-state index contributed by atoms with van der Waals surface area (Å²) < 4.78 is 0. The fourth-order valence-electron chi connectivity index (χ4n) is 2.39. The first-order valence-electron chi connectivity index (χ1n) is 6.71. The van der Waals surface area contributed by atoms with Crippen LogP contribution in [0.25, 0.3) is 0 Å². The van der Waals surface area contributed by atoms with Crippen molar-refractivity contribution in [2.45, 2.75) is 33.2 Å². The molecule has 1 fully saturated rings. The van der Waals surface area contributed by atoms with E-state index in [4.69, 9.17) is 0 Å². The summed E-state index contributed by atoms with van der Waals surface area (Å²) in [5.41, 5.74) is 3.69. The van der Waals surface area contributed by atoms with Crippen LogP contribution >= 0.6 is 0 Å². The lowest BCUT2D eigenvalue weighted by molar-refractivity contribution is -0.125. The van der Waals surface area contributed by atoms with Gasteiger partial charge in [0.25, 0.3) is 0 Å². The average molecular weight is 246 g/mol. The summed E-state index contributed by atoms with van der Waals surface area (Å²) in [6.07, 6.45) is 2.10. The van der Waals surface area contributed by atoms with Crippen molar-refractivity contribution < 1.29 is 4.79 Å². The molecule has 1 aliphatic rings. The lowest BCUT2D eigenvalue weighted by Crippen LogP contribution is -2.40. The highest BCUT2D eigenvalue weighted by atomic mass is 16.1. The van der Waals surface area contributed by atoms with E-state index >= 15 is 0 Å². The van der Waals surface area contributed by atoms with E-state index in [1.807, 2.05) is 0 Å². The Morgan fingerprint density at radius 3 is 3.00 bits per heavy atom. The molecule has 1 amide bonds. The molecular weight excluding hydrogens is 224 g/mol. The van der Waals surface area contributed by atoms with Gasteiger partial charge in [0, 0.05) is 13.1 Å². The molecule has 2 rings (SSSR count). The predicted octanol–water partition coefficient (Wildman–Crippen LogP) is 1.92. The standard InChI is InChI=1S/C15H22N2O/c1-11-5-6-12(2)14(8-11)10-17-15(18)13-4-3-7-16-9-13/h5-6,8,13,16H,3-4,7,9-10H2,1-2H3,(H,17,18). The van der Waals surface area contributed by atoms with Crippen molar-refractivity contribution in [1.82, 2.24) is 10.6 Å². The number of hydrogen-bond donors (Lipinski definition) is 2. The highest BCUT2D eigenvalue weighted by Crippen LogP contribution is 2.12. The number of carbonyl (C=O) groups is 1. The van der Waals surface area contributed by atoms with Crippen molar-refractivity contribution in [2.75, 3.05) is 13.1 Å². The number of amides is 1. The Balaban J connectivity index is 1.90. The Bertz CT molecular complexity index is 423. The number of piperidine rings is 1. The van der Waals surface area contributed by atoms with Crippen molar-refractivity contribution in [2.24, 2.45) is 5.92 Å². The molecule has 0 radical (unpaired) electrons. The smallest absolute Gasteiger partial charge is 0.224 e. The summed E-state index contributed by atoms with van der Waals surface area (Å²) in [7, 11) is 0. The highest BCUT2D eigenvalue weighted by molar-refractivity contribution is 5.79. The molecule has 3 heteroatoms. The van der Waals surface area contributed by atoms with E-state index in [0.29, 0.717) is 6.54 Å². The van der Waals surface area contributed by atoms with Gasteiger partial charge in [0.05, 0.1) is 5.92 Å². The summed E-state index contributed by atoms with van der Waals surface area (Å²) in [6.45, 7) is 6.67. The highest BCUT2D eigenvalue weighted by Gasteiger charge is 2.20. The van der Waals surface area contributed by atoms with Gasteiger partial charge in [-0.15, -0.1) is 0 Å². The SMILES string of the molecule is Cc1ccc(C)c(CNC(=O)C2CCCNC2)c1. The minimum absolute atomic E-state index is 0.142. The summed E-state index contributed by atoms with van der Waals surface area (Å²) in [4.78, 5) is 12.0. The second kappa shape index (κ2) is 6.01. The van der Waals surface area contributed by atoms with Crippen molar-refractivity contribution >= 4 is 5.91 Å². The average Bonchev–Trinajstić information content (AvgIpc) is 2.40. The van der Waals surface area contributed by atoms with E-state index in [9.17, 15) is 4.79 Å². The van der Waals surface area contributed by atoms with E-state index in [-0.39, 0.29) is 11.8 Å². The van der Waals surface area contributed by atoms with Crippen LogP contribution in [-0.2, 0) is 11.3 Å². The van der Waals surface area contributed by atoms with Crippen LogP contribution in [0.4, 0.5) is 0 Å². The topological polar surface area (TPSA) is 41.1 Å². The van der Waals surface area contributed by atoms with Gasteiger partial charge in [0.1, 0.15) is 0 Å². The predicted molar refractivity (Wildman–Crippen MR) is 73.4 cm³/mol. The minimum Gasteiger partial charge on any atom is -0.352 e. The third-order valence-corrected chi connectivity index (χ3v) is 3.63. The Morgan fingerprint density at radius 2 is 2.28 bits per heavy atom. The zero-order valence-corrected chi connectivity index (χ0v) is 11.3. The first-order valence-corrected chi connectivity index (χ1v) is 6.71. The maximum absolute atomic E-state index is 12.0. The fourth-order valence-corrected chi connectivity index (χ4v) is 2.39. The molecular formula is C15H22N2O. The molecule has 1 saturated heterocycles. The number of aryl methyl sites for hydroxylation is 2. The van der Waals surface area contributed by atoms with Gasteiger partial charge in [-0.25, -0.2) is 0 Å². The summed E-state index contributed by atoms with van der Waals surface area (Å²) >= 11 is 0. The monoisotopic (exact) mass is 246 g/mol. The molecule has 3 nitrogen and oxygen atoms in total. The van der Waals surface area contributed by atoms with Crippen LogP contribution in [0.3, 0.4) is 0 Å². The Morgan fingerprint density at radius 1 is 1.44 bits per heavy atom. The molecule has 2 N–H and O–H groups in total. The minimum atomic E-state index is 0.142. The molecule has 1 heterocycles. The second-order valence-corrected chi connectivity index (χ2v) is 5.19. The number of benzene rings is 1. The Kier molecular flexibility index (Phi) is 4.37. The first kappa shape index (κ1) is 13.1. The molecule has 0 bridgehead atoms. The van der Waals surface area contributed by atoms with Crippen molar-refractivity contribution in [3.8, 4) is 0 Å². The Labute approximate surface area is 109 Å². The third-order valence-electron chi connectivity index (χ3n) is 3.63. The van der Waals surface area contributed by atoms with E-state index in [1.54, 1.807) is 0 Å². The van der Waals surface area contributed by atoms with Crippen LogP contribution in [0.5, 0.6) is 0 Å². The molecule has 0 spiro atoms. The van der Waals surface area contributed by atoms with E-state index in [2.05, 4.69) is 42.7 Å². The number of nitrogens with one attached hydrogen (secondary N) is 2. The maximum atomic E-state index is 12.0. The van der Waals surface area contributed by atoms with Gasteiger partial charge in [0.2, 0.25) is 5.91 Å². The van der Waals surface area contributed by atoms with Crippen LogP contribution < -0.4 is 10.6 Å². The normalized spacial score (nSPS) is 19.6. The molecule has 0 aliphatic carbocycles. The molecule has 1 unspecified atom stereocenters. The number of hydrogen-bond acceptors (Lipinski definition) is 2. The van der Waals surface area contributed by atoms with Gasteiger partial charge in [-0.05, 0) is 44.4 Å². The molecule has 1 aromatic carbocycles. The van der Waals surface area contributed by atoms with Gasteiger partial charge < -0.3 is 10.6 Å². The van der Waals surface area contributed by atoms with Crippen LogP contribution in [-0.4, -0.2) is 19.0 Å². The zero-order chi connectivity index (χ0) is 13.0.